The average molecular weight is 467 g/mol. The molecule has 1 atom stereocenters. The molecule has 1 unspecified atom stereocenters. The summed E-state index contributed by atoms with van der Waals surface area (Å²) in [5.41, 5.74) is 9.60. The molecule has 2 aromatic heterocycles. The van der Waals surface area contributed by atoms with Crippen molar-refractivity contribution >= 4 is 5.78 Å². The van der Waals surface area contributed by atoms with Gasteiger partial charge < -0.3 is 0 Å². The molecule has 0 aliphatic heterocycles. The van der Waals surface area contributed by atoms with Crippen LogP contribution in [0.1, 0.15) is 50.0 Å². The van der Waals surface area contributed by atoms with Gasteiger partial charge >= 0.3 is 0 Å². The maximum absolute atomic E-state index is 12.9. The van der Waals surface area contributed by atoms with Crippen LogP contribution in [-0.2, 0) is 12.8 Å². The van der Waals surface area contributed by atoms with E-state index in [9.17, 15) is 4.79 Å². The molecule has 1 aliphatic rings. The summed E-state index contributed by atoms with van der Waals surface area (Å²) >= 11 is 0. The van der Waals surface area contributed by atoms with E-state index in [1.54, 1.807) is 12.4 Å². The topological polar surface area (TPSA) is 42.9 Å². The van der Waals surface area contributed by atoms with Crippen molar-refractivity contribution in [2.75, 3.05) is 0 Å². The zero-order chi connectivity index (χ0) is 24.3. The summed E-state index contributed by atoms with van der Waals surface area (Å²) in [6.07, 6.45) is 8.46. The minimum Gasteiger partial charge on any atom is -0.294 e. The van der Waals surface area contributed by atoms with Crippen LogP contribution in [0.15, 0.2) is 122 Å². The van der Waals surface area contributed by atoms with E-state index in [1.807, 2.05) is 36.7 Å². The molecule has 3 heteroatoms. The van der Waals surface area contributed by atoms with Gasteiger partial charge in [-0.05, 0) is 75.5 Å². The molecular weight excluding hydrogens is 440 g/mol. The Kier molecular flexibility index (Phi) is 5.96. The van der Waals surface area contributed by atoms with Crippen LogP contribution in [0.25, 0.3) is 11.1 Å². The third-order valence-electron chi connectivity index (χ3n) is 7.26. The highest BCUT2D eigenvalue weighted by Gasteiger charge is 2.35. The van der Waals surface area contributed by atoms with E-state index in [4.69, 9.17) is 0 Å². The second-order valence-corrected chi connectivity index (χ2v) is 9.40. The minimum absolute atomic E-state index is 0.120. The van der Waals surface area contributed by atoms with Crippen LogP contribution in [0.3, 0.4) is 0 Å². The number of hydrogen-bond donors (Lipinski definition) is 0. The highest BCUT2D eigenvalue weighted by atomic mass is 16.1. The molecule has 0 fully saturated rings. The third-order valence-corrected chi connectivity index (χ3v) is 7.26. The average Bonchev–Trinajstić information content (AvgIpc) is 3.27. The van der Waals surface area contributed by atoms with Crippen LogP contribution in [0.5, 0.6) is 0 Å². The van der Waals surface area contributed by atoms with Crippen molar-refractivity contribution in [3.63, 3.8) is 0 Å². The molecule has 1 aliphatic carbocycles. The normalized spacial score (nSPS) is 13.1. The lowest BCUT2D eigenvalue weighted by atomic mass is 9.76. The smallest absolute Gasteiger partial charge is 0.167 e. The maximum Gasteiger partial charge on any atom is 0.167 e. The van der Waals surface area contributed by atoms with E-state index >= 15 is 0 Å². The van der Waals surface area contributed by atoms with Crippen LogP contribution in [0.4, 0.5) is 0 Å². The van der Waals surface area contributed by atoms with Gasteiger partial charge in [-0.25, -0.2) is 0 Å². The van der Waals surface area contributed by atoms with Gasteiger partial charge in [0.1, 0.15) is 0 Å². The van der Waals surface area contributed by atoms with Crippen LogP contribution in [-0.4, -0.2) is 15.8 Å². The summed E-state index contributed by atoms with van der Waals surface area (Å²) in [6, 6.07) is 33.8. The van der Waals surface area contributed by atoms with Gasteiger partial charge in [-0.2, -0.15) is 0 Å². The fourth-order valence-electron chi connectivity index (χ4n) is 5.53. The van der Waals surface area contributed by atoms with Gasteiger partial charge in [0, 0.05) is 42.7 Å². The number of benzene rings is 3. The summed E-state index contributed by atoms with van der Waals surface area (Å²) in [5.74, 6) is 0.584. The summed E-state index contributed by atoms with van der Waals surface area (Å²) in [6.45, 7) is 0. The fraction of sp³-hybridized carbons (Fsp3) is 0.121. The zero-order valence-corrected chi connectivity index (χ0v) is 19.9. The first-order valence-electron chi connectivity index (χ1n) is 12.4. The lowest BCUT2D eigenvalue weighted by Crippen LogP contribution is -2.14. The SMILES string of the molecule is O=C(Cc1ccncc1)c1ccc(C(Cc2ccncc2)C2c3ccccc3-c3ccccc32)cc1. The van der Waals surface area contributed by atoms with Crippen molar-refractivity contribution in [1.82, 2.24) is 9.97 Å². The zero-order valence-electron chi connectivity index (χ0n) is 19.9. The molecule has 0 N–H and O–H groups in total. The number of carbonyl (C=O) groups excluding carboxylic acids is 1. The van der Waals surface area contributed by atoms with E-state index < -0.39 is 0 Å². The van der Waals surface area contributed by atoms with E-state index in [1.165, 1.54) is 33.4 Å². The minimum atomic E-state index is 0.120. The summed E-state index contributed by atoms with van der Waals surface area (Å²) in [5, 5.41) is 0. The van der Waals surface area contributed by atoms with Crippen molar-refractivity contribution in [2.45, 2.75) is 24.7 Å². The van der Waals surface area contributed by atoms with Gasteiger partial charge in [-0.15, -0.1) is 0 Å². The summed E-state index contributed by atoms with van der Waals surface area (Å²) < 4.78 is 0. The number of hydrogen-bond acceptors (Lipinski definition) is 3. The number of ketones is 1. The molecular formula is C33H26N2O. The predicted octanol–water partition coefficient (Wildman–Crippen LogP) is 7.04. The van der Waals surface area contributed by atoms with E-state index in [2.05, 4.69) is 82.8 Å². The Morgan fingerprint density at radius 1 is 0.639 bits per heavy atom. The third kappa shape index (κ3) is 4.25. The van der Waals surface area contributed by atoms with Crippen molar-refractivity contribution in [3.05, 3.63) is 155 Å². The van der Waals surface area contributed by atoms with E-state index in [0.29, 0.717) is 6.42 Å². The Balaban J connectivity index is 1.38. The van der Waals surface area contributed by atoms with Crippen molar-refractivity contribution in [1.29, 1.82) is 0 Å². The number of carbonyl (C=O) groups is 1. The molecule has 3 nitrogen and oxygen atoms in total. The lowest BCUT2D eigenvalue weighted by molar-refractivity contribution is 0.0993. The van der Waals surface area contributed by atoms with Crippen LogP contribution >= 0.6 is 0 Å². The first-order valence-corrected chi connectivity index (χ1v) is 12.4. The first-order chi connectivity index (χ1) is 17.8. The van der Waals surface area contributed by atoms with Crippen LogP contribution in [0.2, 0.25) is 0 Å². The van der Waals surface area contributed by atoms with Gasteiger partial charge in [0.2, 0.25) is 0 Å². The first kappa shape index (κ1) is 22.1. The lowest BCUT2D eigenvalue weighted by Gasteiger charge is -2.27. The Bertz CT molecular complexity index is 1450. The van der Waals surface area contributed by atoms with Crippen LogP contribution in [0, 0.1) is 0 Å². The quantitative estimate of drug-likeness (QED) is 0.242. The van der Waals surface area contributed by atoms with Crippen molar-refractivity contribution < 1.29 is 4.79 Å². The molecule has 0 bridgehead atoms. The highest BCUT2D eigenvalue weighted by molar-refractivity contribution is 5.97. The monoisotopic (exact) mass is 466 g/mol. The Morgan fingerprint density at radius 3 is 1.75 bits per heavy atom. The summed E-state index contributed by atoms with van der Waals surface area (Å²) in [7, 11) is 0. The standard InChI is InChI=1S/C33H26N2O/c36-32(22-24-15-19-35-20-16-24)26-11-9-25(10-12-26)31(21-23-13-17-34-18-14-23)33-29-7-3-1-5-27(29)28-6-2-4-8-30(28)33/h1-20,31,33H,21-22H2. The molecule has 6 rings (SSSR count). The number of pyridine rings is 2. The maximum atomic E-state index is 12.9. The van der Waals surface area contributed by atoms with E-state index in [0.717, 1.165) is 17.5 Å². The molecule has 0 saturated heterocycles. The second-order valence-electron chi connectivity index (χ2n) is 9.40. The Labute approximate surface area is 211 Å². The summed E-state index contributed by atoms with van der Waals surface area (Å²) in [4.78, 5) is 21.2. The highest BCUT2D eigenvalue weighted by Crippen LogP contribution is 2.51. The number of Topliss-reactive ketones (excluding diaryl/α,β-unsaturated/α-hetero) is 1. The predicted molar refractivity (Wildman–Crippen MR) is 143 cm³/mol. The Hall–Kier alpha value is -4.37. The van der Waals surface area contributed by atoms with Gasteiger partial charge in [-0.1, -0.05) is 72.8 Å². The molecule has 174 valence electrons. The van der Waals surface area contributed by atoms with Gasteiger partial charge in [0.15, 0.2) is 5.78 Å². The molecule has 0 saturated carbocycles. The number of aromatic nitrogens is 2. The largest absolute Gasteiger partial charge is 0.294 e. The second kappa shape index (κ2) is 9.71. The van der Waals surface area contributed by atoms with Gasteiger partial charge in [0.25, 0.3) is 0 Å². The van der Waals surface area contributed by atoms with Crippen LogP contribution < -0.4 is 0 Å². The molecule has 0 amide bonds. The molecule has 0 spiro atoms. The van der Waals surface area contributed by atoms with Gasteiger partial charge in [-0.3, -0.25) is 14.8 Å². The van der Waals surface area contributed by atoms with Gasteiger partial charge in [0.05, 0.1) is 0 Å². The molecule has 5 aromatic rings. The molecule has 0 radical (unpaired) electrons. The molecule has 3 aromatic carbocycles. The van der Waals surface area contributed by atoms with E-state index in [-0.39, 0.29) is 17.6 Å². The number of nitrogens with zero attached hydrogens (tertiary/aromatic N) is 2. The number of fused-ring (bicyclic) bond motifs is 3. The molecule has 2 heterocycles. The Morgan fingerprint density at radius 2 is 1.17 bits per heavy atom. The number of rotatable bonds is 7. The fourth-order valence-corrected chi connectivity index (χ4v) is 5.53. The van der Waals surface area contributed by atoms with Crippen molar-refractivity contribution in [3.8, 4) is 11.1 Å². The molecule has 36 heavy (non-hydrogen) atoms. The van der Waals surface area contributed by atoms with Crippen molar-refractivity contribution in [2.24, 2.45) is 0 Å².